The van der Waals surface area contributed by atoms with Crippen molar-refractivity contribution >= 4 is 0 Å². The summed E-state index contributed by atoms with van der Waals surface area (Å²) in [6.07, 6.45) is 3.19. The van der Waals surface area contributed by atoms with Crippen LogP contribution in [0.25, 0.3) is 0 Å². The highest BCUT2D eigenvalue weighted by atomic mass is 16.5. The van der Waals surface area contributed by atoms with E-state index in [1.54, 1.807) is 42.7 Å². The van der Waals surface area contributed by atoms with Gasteiger partial charge in [0.15, 0.2) is 23.0 Å². The van der Waals surface area contributed by atoms with Gasteiger partial charge in [-0.05, 0) is 66.5 Å². The molecule has 0 aliphatic heterocycles. The second-order valence-corrected chi connectivity index (χ2v) is 7.12. The lowest BCUT2D eigenvalue weighted by Crippen LogP contribution is -2.01. The number of hydrogen-bond acceptors (Lipinski definition) is 6. The van der Waals surface area contributed by atoms with Crippen molar-refractivity contribution in [1.29, 1.82) is 0 Å². The van der Waals surface area contributed by atoms with Gasteiger partial charge in [-0.2, -0.15) is 0 Å². The molecule has 1 aliphatic rings. The number of ether oxygens (including phenoxy) is 6. The summed E-state index contributed by atoms with van der Waals surface area (Å²) in [5.74, 6) is 4.84. The summed E-state index contributed by atoms with van der Waals surface area (Å²) < 4.78 is 33.0. The third kappa shape index (κ3) is 4.02. The summed E-state index contributed by atoms with van der Waals surface area (Å²) in [7, 11) is 9.83. The maximum absolute atomic E-state index is 5.52. The zero-order chi connectivity index (χ0) is 21.0. The fourth-order valence-corrected chi connectivity index (χ4v) is 4.26. The minimum atomic E-state index is 0.410. The molecule has 2 aromatic carbocycles. The van der Waals surface area contributed by atoms with E-state index in [2.05, 4.69) is 24.3 Å². The summed E-state index contributed by atoms with van der Waals surface area (Å²) in [4.78, 5) is 0. The monoisotopic (exact) mass is 402 g/mol. The lowest BCUT2D eigenvalue weighted by molar-refractivity contribution is 0.323. The number of rotatable bonds is 8. The third-order valence-corrected chi connectivity index (χ3v) is 5.75. The molecule has 2 atom stereocenters. The molecule has 0 N–H and O–H groups in total. The zero-order valence-corrected chi connectivity index (χ0v) is 18.0. The molecule has 1 fully saturated rings. The van der Waals surface area contributed by atoms with Crippen molar-refractivity contribution in [3.05, 3.63) is 35.4 Å². The van der Waals surface area contributed by atoms with E-state index < -0.39 is 0 Å². The van der Waals surface area contributed by atoms with Crippen LogP contribution in [0.4, 0.5) is 0 Å². The molecule has 0 bridgehead atoms. The fourth-order valence-electron chi connectivity index (χ4n) is 4.26. The first kappa shape index (κ1) is 21.0. The predicted octanol–water partition coefficient (Wildman–Crippen LogP) is 4.79. The molecular formula is C23H30O6. The molecule has 0 spiro atoms. The molecule has 0 heterocycles. The summed E-state index contributed by atoms with van der Waals surface area (Å²) in [5, 5.41) is 0. The zero-order valence-electron chi connectivity index (χ0n) is 18.0. The summed E-state index contributed by atoms with van der Waals surface area (Å²) >= 11 is 0. The lowest BCUT2D eigenvalue weighted by Gasteiger charge is -2.19. The van der Waals surface area contributed by atoms with Crippen LogP contribution in [0.1, 0.15) is 42.2 Å². The Labute approximate surface area is 172 Å². The SMILES string of the molecule is COc1cc([C@@H]2CC[C@H](c3cc(OC)c(OC)c(OC)c3)C2)cc(OC)c1OC. The third-order valence-electron chi connectivity index (χ3n) is 5.75. The van der Waals surface area contributed by atoms with Gasteiger partial charge >= 0.3 is 0 Å². The Morgan fingerprint density at radius 3 is 1.07 bits per heavy atom. The van der Waals surface area contributed by atoms with Crippen molar-refractivity contribution in [2.75, 3.05) is 42.7 Å². The average molecular weight is 402 g/mol. The molecule has 0 saturated heterocycles. The van der Waals surface area contributed by atoms with Crippen LogP contribution < -0.4 is 28.4 Å². The Morgan fingerprint density at radius 1 is 0.517 bits per heavy atom. The van der Waals surface area contributed by atoms with Crippen LogP contribution >= 0.6 is 0 Å². The molecule has 29 heavy (non-hydrogen) atoms. The molecule has 158 valence electrons. The largest absolute Gasteiger partial charge is 0.493 e. The second kappa shape index (κ2) is 9.16. The maximum atomic E-state index is 5.52. The minimum absolute atomic E-state index is 0.410. The van der Waals surface area contributed by atoms with Gasteiger partial charge in [-0.1, -0.05) is 0 Å². The van der Waals surface area contributed by atoms with Gasteiger partial charge in [0.05, 0.1) is 42.7 Å². The van der Waals surface area contributed by atoms with Gasteiger partial charge in [0.1, 0.15) is 0 Å². The van der Waals surface area contributed by atoms with Gasteiger partial charge in [-0.3, -0.25) is 0 Å². The fraction of sp³-hybridized carbons (Fsp3) is 0.478. The van der Waals surface area contributed by atoms with E-state index >= 15 is 0 Å². The highest BCUT2D eigenvalue weighted by Crippen LogP contribution is 2.49. The molecule has 1 saturated carbocycles. The molecule has 1 aliphatic carbocycles. The van der Waals surface area contributed by atoms with Crippen LogP contribution in [-0.4, -0.2) is 42.7 Å². The average Bonchev–Trinajstić information content (AvgIpc) is 3.27. The standard InChI is InChI=1S/C23H30O6/c1-24-18-10-16(11-19(25-2)22(18)28-5)14-7-8-15(9-14)17-12-20(26-3)23(29-6)21(13-17)27-4/h10-15H,7-9H2,1-6H3/t14-,15+. The van der Waals surface area contributed by atoms with Crippen molar-refractivity contribution in [3.8, 4) is 34.5 Å². The Kier molecular flexibility index (Phi) is 6.62. The molecule has 2 aromatic rings. The topological polar surface area (TPSA) is 55.4 Å². The molecule has 6 nitrogen and oxygen atoms in total. The van der Waals surface area contributed by atoms with Crippen molar-refractivity contribution in [2.45, 2.75) is 31.1 Å². The van der Waals surface area contributed by atoms with Crippen LogP contribution in [0.3, 0.4) is 0 Å². The van der Waals surface area contributed by atoms with Crippen molar-refractivity contribution in [1.82, 2.24) is 0 Å². The van der Waals surface area contributed by atoms with Gasteiger partial charge in [0, 0.05) is 0 Å². The van der Waals surface area contributed by atoms with Crippen molar-refractivity contribution in [3.63, 3.8) is 0 Å². The highest BCUT2D eigenvalue weighted by Gasteiger charge is 2.30. The maximum Gasteiger partial charge on any atom is 0.203 e. The van der Waals surface area contributed by atoms with E-state index in [0.717, 1.165) is 19.3 Å². The van der Waals surface area contributed by atoms with Crippen LogP contribution in [0, 0.1) is 0 Å². The van der Waals surface area contributed by atoms with Gasteiger partial charge in [0.25, 0.3) is 0 Å². The second-order valence-electron chi connectivity index (χ2n) is 7.12. The minimum Gasteiger partial charge on any atom is -0.493 e. The van der Waals surface area contributed by atoms with Gasteiger partial charge in [-0.15, -0.1) is 0 Å². The predicted molar refractivity (Wildman–Crippen MR) is 112 cm³/mol. The summed E-state index contributed by atoms with van der Waals surface area (Å²) in [6, 6.07) is 8.24. The first-order chi connectivity index (χ1) is 14.1. The first-order valence-corrected chi connectivity index (χ1v) is 9.69. The van der Waals surface area contributed by atoms with Gasteiger partial charge in [-0.25, -0.2) is 0 Å². The van der Waals surface area contributed by atoms with Crippen LogP contribution in [-0.2, 0) is 0 Å². The van der Waals surface area contributed by atoms with E-state index in [4.69, 9.17) is 28.4 Å². The molecule has 0 unspecified atom stereocenters. The Balaban J connectivity index is 1.89. The quantitative estimate of drug-likeness (QED) is 0.633. The molecular weight excluding hydrogens is 372 g/mol. The molecule has 0 amide bonds. The van der Waals surface area contributed by atoms with Crippen molar-refractivity contribution in [2.24, 2.45) is 0 Å². The normalized spacial score (nSPS) is 18.3. The number of benzene rings is 2. The first-order valence-electron chi connectivity index (χ1n) is 9.69. The Hall–Kier alpha value is -2.76. The molecule has 6 heteroatoms. The Bertz CT molecular complexity index is 728. The summed E-state index contributed by atoms with van der Waals surface area (Å²) in [6.45, 7) is 0. The summed E-state index contributed by atoms with van der Waals surface area (Å²) in [5.41, 5.74) is 2.41. The molecule has 0 aromatic heterocycles. The van der Waals surface area contributed by atoms with E-state index in [1.807, 2.05) is 0 Å². The molecule has 3 rings (SSSR count). The van der Waals surface area contributed by atoms with Gasteiger partial charge in [0.2, 0.25) is 11.5 Å². The smallest absolute Gasteiger partial charge is 0.203 e. The van der Waals surface area contributed by atoms with E-state index in [9.17, 15) is 0 Å². The van der Waals surface area contributed by atoms with Crippen LogP contribution in [0.5, 0.6) is 34.5 Å². The van der Waals surface area contributed by atoms with Crippen LogP contribution in [0.15, 0.2) is 24.3 Å². The van der Waals surface area contributed by atoms with E-state index in [-0.39, 0.29) is 0 Å². The number of hydrogen-bond donors (Lipinski definition) is 0. The Morgan fingerprint density at radius 2 is 0.828 bits per heavy atom. The molecule has 0 radical (unpaired) electrons. The van der Waals surface area contributed by atoms with Gasteiger partial charge < -0.3 is 28.4 Å². The van der Waals surface area contributed by atoms with E-state index in [1.165, 1.54) is 11.1 Å². The lowest BCUT2D eigenvalue weighted by atomic mass is 9.92. The number of methoxy groups -OCH3 is 6. The van der Waals surface area contributed by atoms with Crippen LogP contribution in [0.2, 0.25) is 0 Å². The highest BCUT2D eigenvalue weighted by molar-refractivity contribution is 5.56. The van der Waals surface area contributed by atoms with Crippen molar-refractivity contribution < 1.29 is 28.4 Å². The van der Waals surface area contributed by atoms with E-state index in [0.29, 0.717) is 46.3 Å².